The Morgan fingerprint density at radius 3 is 2.56 bits per heavy atom. The van der Waals surface area contributed by atoms with Gasteiger partial charge in [-0.15, -0.1) is 0 Å². The molecular weight excluding hydrogens is 237 g/mol. The molecule has 2 rings (SSSR count). The summed E-state index contributed by atoms with van der Waals surface area (Å²) in [4.78, 5) is 10.3. The zero-order chi connectivity index (χ0) is 13.1. The van der Waals surface area contributed by atoms with E-state index in [1.54, 1.807) is 19.1 Å². The molecule has 0 aliphatic heterocycles. The van der Waals surface area contributed by atoms with Gasteiger partial charge in [-0.1, -0.05) is 18.2 Å². The van der Waals surface area contributed by atoms with E-state index in [9.17, 15) is 14.5 Å². The summed E-state index contributed by atoms with van der Waals surface area (Å²) >= 11 is 0. The largest absolute Gasteiger partial charge is 0.447 e. The molecule has 2 aromatic rings. The van der Waals surface area contributed by atoms with E-state index in [1.807, 2.05) is 0 Å². The Kier molecular flexibility index (Phi) is 3.23. The Morgan fingerprint density at radius 2 is 1.89 bits per heavy atom. The van der Waals surface area contributed by atoms with Crippen molar-refractivity contribution in [2.24, 2.45) is 0 Å². The van der Waals surface area contributed by atoms with Crippen LogP contribution in [0.1, 0.15) is 5.56 Å². The standard InChI is InChI=1S/C13H10FNO3/c1-9-6-7-13(11(8-9)15(16)17)18-12-5-3-2-4-10(12)14/h2-8H,1H3. The van der Waals surface area contributed by atoms with Crippen molar-refractivity contribution in [2.75, 3.05) is 0 Å². The molecule has 0 aromatic heterocycles. The average molecular weight is 247 g/mol. The summed E-state index contributed by atoms with van der Waals surface area (Å²) in [5.41, 5.74) is 0.556. The molecular formula is C13H10FNO3. The first kappa shape index (κ1) is 12.0. The summed E-state index contributed by atoms with van der Waals surface area (Å²) < 4.78 is 18.6. The zero-order valence-corrected chi connectivity index (χ0v) is 9.59. The summed E-state index contributed by atoms with van der Waals surface area (Å²) in [6, 6.07) is 10.3. The minimum Gasteiger partial charge on any atom is -0.447 e. The van der Waals surface area contributed by atoms with Crippen molar-refractivity contribution in [3.8, 4) is 11.5 Å². The first-order chi connectivity index (χ1) is 8.58. The Hall–Kier alpha value is -2.43. The van der Waals surface area contributed by atoms with Crippen LogP contribution in [0, 0.1) is 22.9 Å². The third-order valence-electron chi connectivity index (χ3n) is 2.37. The summed E-state index contributed by atoms with van der Waals surface area (Å²) in [5.74, 6) is -0.576. The van der Waals surface area contributed by atoms with Gasteiger partial charge in [-0.3, -0.25) is 10.1 Å². The smallest absolute Gasteiger partial charge is 0.311 e. The van der Waals surface area contributed by atoms with Gasteiger partial charge >= 0.3 is 5.69 Å². The maximum Gasteiger partial charge on any atom is 0.311 e. The third-order valence-corrected chi connectivity index (χ3v) is 2.37. The lowest BCUT2D eigenvalue weighted by atomic mass is 10.2. The second-order valence-corrected chi connectivity index (χ2v) is 3.76. The van der Waals surface area contributed by atoms with Gasteiger partial charge < -0.3 is 4.74 Å². The highest BCUT2D eigenvalue weighted by molar-refractivity contribution is 5.50. The highest BCUT2D eigenvalue weighted by Crippen LogP contribution is 2.32. The van der Waals surface area contributed by atoms with Crippen molar-refractivity contribution in [1.82, 2.24) is 0 Å². The fourth-order valence-corrected chi connectivity index (χ4v) is 1.50. The van der Waals surface area contributed by atoms with E-state index in [0.29, 0.717) is 0 Å². The number of hydrogen-bond donors (Lipinski definition) is 0. The molecule has 0 aliphatic rings. The minimum absolute atomic E-state index is 0.0238. The lowest BCUT2D eigenvalue weighted by molar-refractivity contribution is -0.385. The molecule has 2 aromatic carbocycles. The van der Waals surface area contributed by atoms with Gasteiger partial charge in [-0.2, -0.15) is 0 Å². The second-order valence-electron chi connectivity index (χ2n) is 3.76. The fraction of sp³-hybridized carbons (Fsp3) is 0.0769. The van der Waals surface area contributed by atoms with Crippen LogP contribution in [-0.2, 0) is 0 Å². The molecule has 18 heavy (non-hydrogen) atoms. The highest BCUT2D eigenvalue weighted by atomic mass is 19.1. The predicted octanol–water partition coefficient (Wildman–Crippen LogP) is 3.83. The number of para-hydroxylation sites is 1. The Morgan fingerprint density at radius 1 is 1.17 bits per heavy atom. The highest BCUT2D eigenvalue weighted by Gasteiger charge is 2.16. The molecule has 5 heteroatoms. The van der Waals surface area contributed by atoms with Crippen LogP contribution in [0.5, 0.6) is 11.5 Å². The Labute approximate surface area is 103 Å². The van der Waals surface area contributed by atoms with Gasteiger partial charge in [0.2, 0.25) is 5.75 Å². The maximum absolute atomic E-state index is 13.4. The zero-order valence-electron chi connectivity index (χ0n) is 9.59. The lowest BCUT2D eigenvalue weighted by Gasteiger charge is -2.07. The molecule has 92 valence electrons. The SMILES string of the molecule is Cc1ccc(Oc2ccccc2F)c([N+](=O)[O-])c1. The fourth-order valence-electron chi connectivity index (χ4n) is 1.50. The average Bonchev–Trinajstić information content (AvgIpc) is 2.34. The second kappa shape index (κ2) is 4.83. The molecule has 0 heterocycles. The van der Waals surface area contributed by atoms with E-state index in [1.165, 1.54) is 30.3 Å². The van der Waals surface area contributed by atoms with E-state index in [0.717, 1.165) is 5.56 Å². The first-order valence-electron chi connectivity index (χ1n) is 5.25. The van der Waals surface area contributed by atoms with Gasteiger partial charge in [0.05, 0.1) is 4.92 Å². The monoisotopic (exact) mass is 247 g/mol. The van der Waals surface area contributed by atoms with Crippen molar-refractivity contribution in [1.29, 1.82) is 0 Å². The number of rotatable bonds is 3. The molecule has 0 saturated heterocycles. The van der Waals surface area contributed by atoms with Crippen molar-refractivity contribution in [3.05, 3.63) is 64.0 Å². The molecule has 0 radical (unpaired) electrons. The molecule has 0 aliphatic carbocycles. The van der Waals surface area contributed by atoms with E-state index in [4.69, 9.17) is 4.74 Å². The molecule has 0 spiro atoms. The molecule has 0 N–H and O–H groups in total. The number of nitrogens with zero attached hydrogens (tertiary/aromatic N) is 1. The number of benzene rings is 2. The Bertz CT molecular complexity index is 599. The van der Waals surface area contributed by atoms with Gasteiger partial charge in [0, 0.05) is 6.07 Å². The van der Waals surface area contributed by atoms with Gasteiger partial charge in [0.1, 0.15) is 0 Å². The van der Waals surface area contributed by atoms with Crippen molar-refractivity contribution in [3.63, 3.8) is 0 Å². The molecule has 0 unspecified atom stereocenters. The van der Waals surface area contributed by atoms with Crippen LogP contribution in [0.3, 0.4) is 0 Å². The molecule has 0 fully saturated rings. The topological polar surface area (TPSA) is 52.4 Å². The summed E-state index contributed by atoms with van der Waals surface area (Å²) in [5, 5.41) is 10.9. The lowest BCUT2D eigenvalue weighted by Crippen LogP contribution is -1.95. The maximum atomic E-state index is 13.4. The first-order valence-corrected chi connectivity index (χ1v) is 5.25. The summed E-state index contributed by atoms with van der Waals surface area (Å²) in [6.07, 6.45) is 0. The van der Waals surface area contributed by atoms with Crippen LogP contribution >= 0.6 is 0 Å². The van der Waals surface area contributed by atoms with Crippen LogP contribution < -0.4 is 4.74 Å². The van der Waals surface area contributed by atoms with Gasteiger partial charge in [0.25, 0.3) is 0 Å². The van der Waals surface area contributed by atoms with Crippen LogP contribution in [-0.4, -0.2) is 4.92 Å². The number of nitro benzene ring substituents is 1. The minimum atomic E-state index is -0.563. The van der Waals surface area contributed by atoms with Crippen molar-refractivity contribution < 1.29 is 14.1 Å². The molecule has 4 nitrogen and oxygen atoms in total. The van der Waals surface area contributed by atoms with Crippen LogP contribution in [0.25, 0.3) is 0 Å². The Balaban J connectivity index is 2.41. The van der Waals surface area contributed by atoms with E-state index < -0.39 is 10.7 Å². The number of aryl methyl sites for hydroxylation is 1. The number of halogens is 1. The quantitative estimate of drug-likeness (QED) is 0.611. The van der Waals surface area contributed by atoms with Crippen LogP contribution in [0.4, 0.5) is 10.1 Å². The molecule has 0 bridgehead atoms. The van der Waals surface area contributed by atoms with E-state index in [-0.39, 0.29) is 17.2 Å². The number of hydrogen-bond acceptors (Lipinski definition) is 3. The van der Waals surface area contributed by atoms with E-state index >= 15 is 0 Å². The number of ether oxygens (including phenoxy) is 1. The van der Waals surface area contributed by atoms with Crippen LogP contribution in [0.15, 0.2) is 42.5 Å². The molecule has 0 amide bonds. The summed E-state index contributed by atoms with van der Waals surface area (Å²) in [7, 11) is 0. The number of nitro groups is 1. The molecule has 0 atom stereocenters. The van der Waals surface area contributed by atoms with Crippen molar-refractivity contribution >= 4 is 5.69 Å². The van der Waals surface area contributed by atoms with Crippen molar-refractivity contribution in [2.45, 2.75) is 6.92 Å². The molecule has 0 saturated carbocycles. The predicted molar refractivity (Wildman–Crippen MR) is 64.3 cm³/mol. The summed E-state index contributed by atoms with van der Waals surface area (Å²) in [6.45, 7) is 1.74. The van der Waals surface area contributed by atoms with Gasteiger partial charge in [-0.05, 0) is 30.7 Å². The van der Waals surface area contributed by atoms with Gasteiger partial charge in [0.15, 0.2) is 11.6 Å². The normalized spacial score (nSPS) is 10.1. The van der Waals surface area contributed by atoms with E-state index in [2.05, 4.69) is 0 Å². The van der Waals surface area contributed by atoms with Gasteiger partial charge in [-0.25, -0.2) is 4.39 Å². The van der Waals surface area contributed by atoms with Crippen LogP contribution in [0.2, 0.25) is 0 Å². The third kappa shape index (κ3) is 2.45.